The highest BCUT2D eigenvalue weighted by Gasteiger charge is 2.15. The van der Waals surface area contributed by atoms with Crippen LogP contribution in [0.1, 0.15) is 117 Å². The van der Waals surface area contributed by atoms with Crippen LogP contribution >= 0.6 is 11.8 Å². The van der Waals surface area contributed by atoms with Crippen LogP contribution in [-0.4, -0.2) is 66.6 Å². The van der Waals surface area contributed by atoms with Crippen molar-refractivity contribution in [1.82, 2.24) is 9.80 Å². The van der Waals surface area contributed by atoms with Gasteiger partial charge >= 0.3 is 5.97 Å². The van der Waals surface area contributed by atoms with Gasteiger partial charge in [0.05, 0.1) is 0 Å². The van der Waals surface area contributed by atoms with E-state index in [9.17, 15) is 9.59 Å². The molecule has 0 unspecified atom stereocenters. The monoisotopic (exact) mass is 486 g/mol. The molecule has 5 nitrogen and oxygen atoms in total. The Morgan fingerprint density at radius 2 is 1.27 bits per heavy atom. The SMILES string of the molecule is CCCCCN(CCCCCCCC(=O)OC(CCCC)CCCC)C(=O)SCCN(C)C. The molecule has 196 valence electrons. The molecule has 0 aromatic rings. The maximum Gasteiger partial charge on any atom is 0.306 e. The van der Waals surface area contributed by atoms with E-state index in [4.69, 9.17) is 4.74 Å². The molecule has 0 rings (SSSR count). The lowest BCUT2D eigenvalue weighted by Crippen LogP contribution is -2.30. The summed E-state index contributed by atoms with van der Waals surface area (Å²) in [6.45, 7) is 9.23. The lowest BCUT2D eigenvalue weighted by atomic mass is 10.1. The first-order valence-electron chi connectivity index (χ1n) is 13.7. The molecule has 0 radical (unpaired) electrons. The van der Waals surface area contributed by atoms with Crippen LogP contribution in [0.2, 0.25) is 0 Å². The van der Waals surface area contributed by atoms with Crippen LogP contribution in [0.3, 0.4) is 0 Å². The lowest BCUT2D eigenvalue weighted by Gasteiger charge is -2.22. The van der Waals surface area contributed by atoms with Crippen LogP contribution in [0.25, 0.3) is 0 Å². The summed E-state index contributed by atoms with van der Waals surface area (Å²) in [5.41, 5.74) is 0. The van der Waals surface area contributed by atoms with Gasteiger partial charge in [0, 0.05) is 31.8 Å². The number of carbonyl (C=O) groups excluding carboxylic acids is 2. The van der Waals surface area contributed by atoms with Gasteiger partial charge in [0.25, 0.3) is 5.24 Å². The van der Waals surface area contributed by atoms with Crippen LogP contribution in [0, 0.1) is 0 Å². The Morgan fingerprint density at radius 1 is 0.727 bits per heavy atom. The smallest absolute Gasteiger partial charge is 0.306 e. The van der Waals surface area contributed by atoms with Gasteiger partial charge in [0.1, 0.15) is 6.10 Å². The van der Waals surface area contributed by atoms with Crippen molar-refractivity contribution >= 4 is 23.0 Å². The lowest BCUT2D eigenvalue weighted by molar-refractivity contribution is -0.150. The summed E-state index contributed by atoms with van der Waals surface area (Å²) in [4.78, 5) is 29.0. The van der Waals surface area contributed by atoms with Crippen molar-refractivity contribution in [1.29, 1.82) is 0 Å². The summed E-state index contributed by atoms with van der Waals surface area (Å²) in [5, 5.41) is 0.233. The molecule has 0 atom stereocenters. The average Bonchev–Trinajstić information content (AvgIpc) is 2.78. The highest BCUT2D eigenvalue weighted by Crippen LogP contribution is 2.16. The molecule has 0 fully saturated rings. The summed E-state index contributed by atoms with van der Waals surface area (Å²) < 4.78 is 5.75. The van der Waals surface area contributed by atoms with Gasteiger partial charge in [0.2, 0.25) is 0 Å². The van der Waals surface area contributed by atoms with Crippen LogP contribution in [-0.2, 0) is 9.53 Å². The number of nitrogens with zero attached hydrogens (tertiary/aromatic N) is 2. The van der Waals surface area contributed by atoms with E-state index in [2.05, 4.69) is 30.6 Å². The van der Waals surface area contributed by atoms with Gasteiger partial charge in [-0.25, -0.2) is 0 Å². The van der Waals surface area contributed by atoms with E-state index in [1.54, 1.807) is 0 Å². The van der Waals surface area contributed by atoms with E-state index in [1.807, 2.05) is 14.1 Å². The summed E-state index contributed by atoms with van der Waals surface area (Å²) in [6, 6.07) is 0. The van der Waals surface area contributed by atoms with E-state index in [0.29, 0.717) is 6.42 Å². The Morgan fingerprint density at radius 3 is 1.85 bits per heavy atom. The van der Waals surface area contributed by atoms with Crippen molar-refractivity contribution in [3.63, 3.8) is 0 Å². The van der Waals surface area contributed by atoms with E-state index in [-0.39, 0.29) is 17.3 Å². The second-order valence-corrected chi connectivity index (χ2v) is 10.6. The molecule has 0 aliphatic carbocycles. The van der Waals surface area contributed by atoms with Crippen molar-refractivity contribution < 1.29 is 14.3 Å². The van der Waals surface area contributed by atoms with Crippen LogP contribution in [0.15, 0.2) is 0 Å². The average molecular weight is 487 g/mol. The topological polar surface area (TPSA) is 49.9 Å². The van der Waals surface area contributed by atoms with Crippen molar-refractivity contribution in [2.24, 2.45) is 0 Å². The fraction of sp³-hybridized carbons (Fsp3) is 0.926. The summed E-state index contributed by atoms with van der Waals surface area (Å²) >= 11 is 1.45. The number of thioether (sulfide) groups is 1. The molecule has 0 aliphatic heterocycles. The minimum Gasteiger partial charge on any atom is -0.462 e. The van der Waals surface area contributed by atoms with E-state index < -0.39 is 0 Å². The van der Waals surface area contributed by atoms with Crippen molar-refractivity contribution in [2.45, 2.75) is 123 Å². The van der Waals surface area contributed by atoms with Crippen molar-refractivity contribution in [3.8, 4) is 0 Å². The van der Waals surface area contributed by atoms with Crippen LogP contribution < -0.4 is 0 Å². The number of amides is 1. The largest absolute Gasteiger partial charge is 0.462 e. The third-order valence-electron chi connectivity index (χ3n) is 5.92. The molecule has 0 aromatic carbocycles. The predicted molar refractivity (Wildman–Crippen MR) is 144 cm³/mol. The number of hydrogen-bond acceptors (Lipinski definition) is 5. The highest BCUT2D eigenvalue weighted by atomic mass is 32.2. The standard InChI is InChI=1S/C27H54N2O3S/c1-6-9-16-21-29(27(31)33-24-23-28(4)5)22-17-14-12-13-15-20-26(30)32-25(18-10-7-2)19-11-8-3/h25H,6-24H2,1-5H3. The second kappa shape index (κ2) is 23.0. The predicted octanol–water partition coefficient (Wildman–Crippen LogP) is 7.53. The quantitative estimate of drug-likeness (QED) is 0.117. The zero-order valence-corrected chi connectivity index (χ0v) is 23.4. The molecule has 0 bridgehead atoms. The maximum absolute atomic E-state index is 12.6. The number of carbonyl (C=O) groups is 2. The van der Waals surface area contributed by atoms with Crippen molar-refractivity contribution in [3.05, 3.63) is 0 Å². The maximum atomic E-state index is 12.6. The molecular formula is C27H54N2O3S. The fourth-order valence-electron chi connectivity index (χ4n) is 3.73. The van der Waals surface area contributed by atoms with Gasteiger partial charge in [-0.3, -0.25) is 9.59 Å². The first kappa shape index (κ1) is 32.2. The summed E-state index contributed by atoms with van der Waals surface area (Å²) in [7, 11) is 4.09. The van der Waals surface area contributed by atoms with Gasteiger partial charge in [-0.05, 0) is 46.2 Å². The summed E-state index contributed by atoms with van der Waals surface area (Å²) in [6.07, 6.45) is 15.9. The third kappa shape index (κ3) is 20.3. The van der Waals surface area contributed by atoms with Crippen LogP contribution in [0.5, 0.6) is 0 Å². The molecule has 0 saturated carbocycles. The number of rotatable bonds is 22. The molecule has 0 heterocycles. The Bertz CT molecular complexity index is 466. The highest BCUT2D eigenvalue weighted by molar-refractivity contribution is 8.13. The van der Waals surface area contributed by atoms with Gasteiger partial charge in [0.15, 0.2) is 0 Å². The molecule has 0 aliphatic rings. The number of ether oxygens (including phenoxy) is 1. The van der Waals surface area contributed by atoms with Gasteiger partial charge in [-0.15, -0.1) is 0 Å². The first-order chi connectivity index (χ1) is 15.9. The molecule has 0 aromatic heterocycles. The van der Waals surface area contributed by atoms with E-state index in [0.717, 1.165) is 102 Å². The third-order valence-corrected chi connectivity index (χ3v) is 6.81. The molecule has 6 heteroatoms. The molecule has 1 amide bonds. The number of unbranched alkanes of at least 4 members (excludes halogenated alkanes) is 8. The number of esters is 1. The molecule has 0 saturated heterocycles. The Hall–Kier alpha value is -0.750. The molecular weight excluding hydrogens is 432 g/mol. The molecule has 0 spiro atoms. The zero-order valence-electron chi connectivity index (χ0n) is 22.5. The van der Waals surface area contributed by atoms with E-state index >= 15 is 0 Å². The van der Waals surface area contributed by atoms with Gasteiger partial charge in [-0.2, -0.15) is 0 Å². The Labute approximate surface area is 209 Å². The second-order valence-electron chi connectivity index (χ2n) is 9.53. The number of hydrogen-bond donors (Lipinski definition) is 0. The normalized spacial score (nSPS) is 11.4. The van der Waals surface area contributed by atoms with Gasteiger partial charge in [-0.1, -0.05) is 90.3 Å². The Kier molecular flexibility index (Phi) is 22.5. The van der Waals surface area contributed by atoms with Crippen LogP contribution in [0.4, 0.5) is 4.79 Å². The van der Waals surface area contributed by atoms with Crippen molar-refractivity contribution in [2.75, 3.05) is 39.5 Å². The first-order valence-corrected chi connectivity index (χ1v) is 14.7. The minimum absolute atomic E-state index is 0.0188. The van der Waals surface area contributed by atoms with Gasteiger partial charge < -0.3 is 14.5 Å². The molecule has 0 N–H and O–H groups in total. The minimum atomic E-state index is -0.0188. The summed E-state index contributed by atoms with van der Waals surface area (Å²) in [5.74, 6) is 0.832. The fourth-order valence-corrected chi connectivity index (χ4v) is 4.72. The Balaban J connectivity index is 4.08. The van der Waals surface area contributed by atoms with E-state index in [1.165, 1.54) is 24.6 Å². The zero-order chi connectivity index (χ0) is 24.7. The molecule has 33 heavy (non-hydrogen) atoms.